The maximum atomic E-state index is 13.5. The molecule has 1 saturated heterocycles. The first-order chi connectivity index (χ1) is 16.9. The SMILES string of the molecule is CN(C(=O)Cc1ccc2c(c1)NC(=O)C2)[C@H](CN1CCC(O)C1)c1cccc(-c2nccn2C)c1. The highest BCUT2D eigenvalue weighted by Gasteiger charge is 2.29. The summed E-state index contributed by atoms with van der Waals surface area (Å²) in [7, 11) is 3.81. The van der Waals surface area contributed by atoms with Gasteiger partial charge in [0.25, 0.3) is 0 Å². The first-order valence-corrected chi connectivity index (χ1v) is 12.0. The van der Waals surface area contributed by atoms with Gasteiger partial charge < -0.3 is 19.9 Å². The largest absolute Gasteiger partial charge is 0.392 e. The van der Waals surface area contributed by atoms with Crippen LogP contribution < -0.4 is 5.32 Å². The molecule has 8 nitrogen and oxygen atoms in total. The Morgan fingerprint density at radius 2 is 2.14 bits per heavy atom. The molecule has 2 aliphatic rings. The lowest BCUT2D eigenvalue weighted by molar-refractivity contribution is -0.131. The number of anilines is 1. The molecule has 5 rings (SSSR count). The number of likely N-dealkylation sites (N-methyl/N-ethyl adjacent to an activating group) is 1. The Bertz CT molecular complexity index is 1250. The minimum atomic E-state index is -0.322. The molecule has 1 unspecified atom stereocenters. The number of hydrogen-bond acceptors (Lipinski definition) is 5. The number of amides is 2. The zero-order valence-corrected chi connectivity index (χ0v) is 20.1. The molecule has 35 heavy (non-hydrogen) atoms. The molecule has 2 aromatic carbocycles. The standard InChI is InChI=1S/C27H31N5O3/c1-30-11-9-28-27(30)21-5-3-4-20(14-21)24(17-32-10-8-22(33)16-32)31(2)26(35)13-18-6-7-19-15-25(34)29-23(19)12-18/h3-7,9,11-12,14,22,24,33H,8,10,13,15-17H2,1-2H3,(H,29,34)/t22?,24-/m1/s1. The third kappa shape index (κ3) is 4.99. The van der Waals surface area contributed by atoms with Crippen molar-refractivity contribution in [1.82, 2.24) is 19.4 Å². The fraction of sp³-hybridized carbons (Fsp3) is 0.370. The van der Waals surface area contributed by atoms with E-state index in [1.165, 1.54) is 0 Å². The van der Waals surface area contributed by atoms with Crippen LogP contribution in [0.15, 0.2) is 54.9 Å². The molecule has 2 amide bonds. The number of nitrogens with one attached hydrogen (secondary N) is 1. The molecule has 0 saturated carbocycles. The van der Waals surface area contributed by atoms with Gasteiger partial charge in [0.05, 0.1) is 25.0 Å². The van der Waals surface area contributed by atoms with Gasteiger partial charge in [-0.2, -0.15) is 0 Å². The molecule has 2 atom stereocenters. The number of rotatable bonds is 7. The molecule has 3 heterocycles. The van der Waals surface area contributed by atoms with E-state index in [1.54, 1.807) is 6.20 Å². The van der Waals surface area contributed by atoms with Gasteiger partial charge in [0, 0.05) is 57.4 Å². The van der Waals surface area contributed by atoms with Crippen LogP contribution in [0.2, 0.25) is 0 Å². The van der Waals surface area contributed by atoms with E-state index in [-0.39, 0.29) is 30.4 Å². The number of β-amino-alcohol motifs (C(OH)–C–C–N with tert-alkyl or cyclic N) is 1. The fourth-order valence-electron chi connectivity index (χ4n) is 5.05. The Kier molecular flexibility index (Phi) is 6.40. The first kappa shape index (κ1) is 23.3. The zero-order valence-electron chi connectivity index (χ0n) is 20.1. The summed E-state index contributed by atoms with van der Waals surface area (Å²) in [6.45, 7) is 2.06. The lowest BCUT2D eigenvalue weighted by atomic mass is 10.0. The van der Waals surface area contributed by atoms with E-state index in [4.69, 9.17) is 0 Å². The number of benzene rings is 2. The Labute approximate surface area is 205 Å². The Morgan fingerprint density at radius 3 is 2.89 bits per heavy atom. The molecule has 1 aromatic heterocycles. The van der Waals surface area contributed by atoms with Crippen molar-refractivity contribution in [1.29, 1.82) is 0 Å². The molecular weight excluding hydrogens is 442 g/mol. The number of hydrogen-bond donors (Lipinski definition) is 2. The number of imidazole rings is 1. The number of aromatic nitrogens is 2. The molecule has 8 heteroatoms. The van der Waals surface area contributed by atoms with Gasteiger partial charge in [0.15, 0.2) is 0 Å². The minimum Gasteiger partial charge on any atom is -0.392 e. The highest BCUT2D eigenvalue weighted by atomic mass is 16.3. The second-order valence-corrected chi connectivity index (χ2v) is 9.60. The molecule has 3 aromatic rings. The monoisotopic (exact) mass is 473 g/mol. The smallest absolute Gasteiger partial charge is 0.228 e. The normalized spacial score (nSPS) is 18.4. The predicted molar refractivity (Wildman–Crippen MR) is 134 cm³/mol. The van der Waals surface area contributed by atoms with E-state index in [0.29, 0.717) is 19.5 Å². The summed E-state index contributed by atoms with van der Waals surface area (Å²) in [6.07, 6.45) is 4.76. The number of aliphatic hydroxyl groups excluding tert-OH is 1. The van der Waals surface area contributed by atoms with Crippen LogP contribution in [0, 0.1) is 0 Å². The van der Waals surface area contributed by atoms with E-state index in [1.807, 2.05) is 60.1 Å². The third-order valence-electron chi connectivity index (χ3n) is 7.05. The minimum absolute atomic E-state index is 0.00131. The van der Waals surface area contributed by atoms with Crippen LogP contribution in [0.1, 0.15) is 29.2 Å². The molecule has 1 fully saturated rings. The topological polar surface area (TPSA) is 90.7 Å². The van der Waals surface area contributed by atoms with E-state index in [0.717, 1.165) is 46.7 Å². The van der Waals surface area contributed by atoms with Crippen LogP contribution in [0.3, 0.4) is 0 Å². The molecular formula is C27H31N5O3. The molecule has 0 aliphatic carbocycles. The summed E-state index contributed by atoms with van der Waals surface area (Å²) in [5, 5.41) is 12.9. The average molecular weight is 474 g/mol. The quantitative estimate of drug-likeness (QED) is 0.550. The fourth-order valence-corrected chi connectivity index (χ4v) is 5.05. The summed E-state index contributed by atoms with van der Waals surface area (Å²) in [5.74, 6) is 0.860. The van der Waals surface area contributed by atoms with E-state index in [9.17, 15) is 14.7 Å². The summed E-state index contributed by atoms with van der Waals surface area (Å²) in [4.78, 5) is 33.7. The molecule has 0 spiro atoms. The van der Waals surface area contributed by atoms with Crippen LogP contribution in [-0.4, -0.2) is 69.1 Å². The van der Waals surface area contributed by atoms with Crippen molar-refractivity contribution in [3.63, 3.8) is 0 Å². The lowest BCUT2D eigenvalue weighted by Gasteiger charge is -2.32. The zero-order chi connectivity index (χ0) is 24.5. The first-order valence-electron chi connectivity index (χ1n) is 12.0. The Hall–Kier alpha value is -3.49. The number of aliphatic hydroxyl groups is 1. The second-order valence-electron chi connectivity index (χ2n) is 9.60. The van der Waals surface area contributed by atoms with E-state index >= 15 is 0 Å². The molecule has 0 bridgehead atoms. The maximum Gasteiger partial charge on any atom is 0.228 e. The van der Waals surface area contributed by atoms with Crippen molar-refractivity contribution in [2.45, 2.75) is 31.4 Å². The van der Waals surface area contributed by atoms with Crippen molar-refractivity contribution in [3.05, 3.63) is 71.5 Å². The van der Waals surface area contributed by atoms with Crippen LogP contribution in [0.4, 0.5) is 5.69 Å². The predicted octanol–water partition coefficient (Wildman–Crippen LogP) is 2.39. The average Bonchev–Trinajstić information content (AvgIpc) is 3.55. The lowest BCUT2D eigenvalue weighted by Crippen LogP contribution is -2.39. The van der Waals surface area contributed by atoms with Crippen molar-refractivity contribution < 1.29 is 14.7 Å². The van der Waals surface area contributed by atoms with Crippen LogP contribution in [-0.2, 0) is 29.5 Å². The Morgan fingerprint density at radius 1 is 1.29 bits per heavy atom. The van der Waals surface area contributed by atoms with Crippen molar-refractivity contribution >= 4 is 17.5 Å². The summed E-state index contributed by atoms with van der Waals surface area (Å²) >= 11 is 0. The van der Waals surface area contributed by atoms with Gasteiger partial charge in [-0.05, 0) is 35.2 Å². The van der Waals surface area contributed by atoms with Gasteiger partial charge in [0.2, 0.25) is 11.8 Å². The van der Waals surface area contributed by atoms with Crippen LogP contribution in [0.5, 0.6) is 0 Å². The van der Waals surface area contributed by atoms with Crippen LogP contribution in [0.25, 0.3) is 11.4 Å². The van der Waals surface area contributed by atoms with Crippen molar-refractivity contribution in [3.8, 4) is 11.4 Å². The molecule has 0 radical (unpaired) electrons. The van der Waals surface area contributed by atoms with Gasteiger partial charge in [-0.3, -0.25) is 14.5 Å². The highest BCUT2D eigenvalue weighted by molar-refractivity contribution is 5.99. The summed E-state index contributed by atoms with van der Waals surface area (Å²) in [6, 6.07) is 13.8. The van der Waals surface area contributed by atoms with Gasteiger partial charge >= 0.3 is 0 Å². The number of nitrogens with zero attached hydrogens (tertiary/aromatic N) is 4. The van der Waals surface area contributed by atoms with Crippen molar-refractivity contribution in [2.24, 2.45) is 7.05 Å². The molecule has 182 valence electrons. The third-order valence-corrected chi connectivity index (χ3v) is 7.05. The van der Waals surface area contributed by atoms with Gasteiger partial charge in [-0.25, -0.2) is 4.98 Å². The number of likely N-dealkylation sites (tertiary alicyclic amines) is 1. The molecule has 2 N–H and O–H groups in total. The number of fused-ring (bicyclic) bond motifs is 1. The number of carbonyl (C=O) groups is 2. The summed E-state index contributed by atoms with van der Waals surface area (Å²) in [5.41, 5.74) is 4.67. The second kappa shape index (κ2) is 9.64. The van der Waals surface area contributed by atoms with Gasteiger partial charge in [-0.15, -0.1) is 0 Å². The van der Waals surface area contributed by atoms with E-state index < -0.39 is 0 Å². The maximum absolute atomic E-state index is 13.5. The number of carbonyl (C=O) groups excluding carboxylic acids is 2. The Balaban J connectivity index is 1.40. The van der Waals surface area contributed by atoms with Crippen molar-refractivity contribution in [2.75, 3.05) is 32.0 Å². The van der Waals surface area contributed by atoms with E-state index in [2.05, 4.69) is 27.3 Å². The van der Waals surface area contributed by atoms with Crippen LogP contribution >= 0.6 is 0 Å². The van der Waals surface area contributed by atoms with Gasteiger partial charge in [0.1, 0.15) is 5.82 Å². The summed E-state index contributed by atoms with van der Waals surface area (Å²) < 4.78 is 1.98. The van der Waals surface area contributed by atoms with Gasteiger partial charge in [-0.1, -0.05) is 30.3 Å². The molecule has 2 aliphatic heterocycles. The number of aryl methyl sites for hydroxylation is 1. The highest BCUT2D eigenvalue weighted by Crippen LogP contribution is 2.29.